The summed E-state index contributed by atoms with van der Waals surface area (Å²) in [7, 11) is 0. The molecule has 6 rings (SSSR count). The van der Waals surface area contributed by atoms with Gasteiger partial charge in [0.1, 0.15) is 6.33 Å². The Labute approximate surface area is 205 Å². The molecule has 5 heterocycles. The van der Waals surface area contributed by atoms with Crippen LogP contribution in [0, 0.1) is 0 Å². The molecule has 0 amide bonds. The molecule has 0 bridgehead atoms. The van der Waals surface area contributed by atoms with Crippen molar-refractivity contribution in [2.24, 2.45) is 0 Å². The number of thiophene rings is 1. The zero-order valence-electron chi connectivity index (χ0n) is 18.7. The number of H-pyrrole nitrogens is 1. The molecule has 0 saturated heterocycles. The van der Waals surface area contributed by atoms with Crippen LogP contribution in [-0.2, 0) is 0 Å². The van der Waals surface area contributed by atoms with Gasteiger partial charge < -0.3 is 4.98 Å². The van der Waals surface area contributed by atoms with Crippen molar-refractivity contribution in [2.45, 2.75) is 0 Å². The number of aromatic nitrogens is 6. The highest BCUT2D eigenvalue weighted by atomic mass is 32.1. The summed E-state index contributed by atoms with van der Waals surface area (Å²) >= 11 is 1.71. The normalized spacial score (nSPS) is 8.00. The lowest BCUT2D eigenvalue weighted by molar-refractivity contribution is 1.17. The minimum Gasteiger partial charge on any atom is -0.368 e. The second-order valence-electron chi connectivity index (χ2n) is 5.66. The lowest BCUT2D eigenvalue weighted by Crippen LogP contribution is -1.66. The molecule has 0 saturated carbocycles. The molecule has 0 aliphatic carbocycles. The van der Waals surface area contributed by atoms with Crippen molar-refractivity contribution in [1.29, 1.82) is 0 Å². The van der Waals surface area contributed by atoms with Crippen LogP contribution in [0.1, 0.15) is 0 Å². The first-order valence-corrected chi connectivity index (χ1v) is 11.2. The van der Waals surface area contributed by atoms with Gasteiger partial charge in [0, 0.05) is 62.0 Å². The van der Waals surface area contributed by atoms with E-state index in [-0.39, 0.29) is 0 Å². The van der Waals surface area contributed by atoms with Gasteiger partial charge in [0.2, 0.25) is 0 Å². The molecule has 0 spiro atoms. The molecular formula is C27H28N6S. The van der Waals surface area contributed by atoms with Crippen molar-refractivity contribution in [3.05, 3.63) is 164 Å². The second-order valence-corrected chi connectivity index (χ2v) is 6.47. The fourth-order valence-corrected chi connectivity index (χ4v) is 2.16. The molecule has 0 aliphatic heterocycles. The summed E-state index contributed by atoms with van der Waals surface area (Å²) in [6.07, 6.45) is 18.7. The zero-order valence-corrected chi connectivity index (χ0v) is 19.5. The van der Waals surface area contributed by atoms with Crippen molar-refractivity contribution in [3.8, 4) is 0 Å². The maximum Gasteiger partial charge on any atom is 0.115 e. The van der Waals surface area contributed by atoms with Gasteiger partial charge in [-0.15, -0.1) is 0 Å². The van der Waals surface area contributed by atoms with Gasteiger partial charge in [-0.25, -0.2) is 9.97 Å². The molecule has 7 heteroatoms. The van der Waals surface area contributed by atoms with Crippen molar-refractivity contribution >= 4 is 11.3 Å². The van der Waals surface area contributed by atoms with E-state index >= 15 is 0 Å². The van der Waals surface area contributed by atoms with E-state index in [2.05, 4.69) is 29.9 Å². The van der Waals surface area contributed by atoms with E-state index < -0.39 is 0 Å². The predicted octanol–water partition coefficient (Wildman–Crippen LogP) is 6.48. The number of nitrogens with one attached hydrogen (secondary N) is 1. The molecule has 172 valence electrons. The van der Waals surface area contributed by atoms with E-state index in [9.17, 15) is 0 Å². The molecule has 5 aromatic heterocycles. The van der Waals surface area contributed by atoms with Crippen LogP contribution in [0.25, 0.3) is 0 Å². The topological polar surface area (TPSA) is 80.2 Å². The number of aromatic amines is 1. The molecule has 1 N–H and O–H groups in total. The van der Waals surface area contributed by atoms with Crippen molar-refractivity contribution < 1.29 is 0 Å². The Hall–Kier alpha value is -4.49. The predicted molar refractivity (Wildman–Crippen MR) is 140 cm³/mol. The van der Waals surface area contributed by atoms with E-state index in [0.717, 1.165) is 0 Å². The third-order valence-corrected chi connectivity index (χ3v) is 3.74. The largest absolute Gasteiger partial charge is 0.368 e. The Balaban J connectivity index is 0.000000204. The summed E-state index contributed by atoms with van der Waals surface area (Å²) in [5.74, 6) is 0. The summed E-state index contributed by atoms with van der Waals surface area (Å²) in [5, 5.41) is 4.08. The SMILES string of the molecule is c1cc[nH]c1.c1ccccc1.c1ccncc1.c1ccsc1.c1cnccn1.c1cncnc1. The molecule has 0 atom stereocenters. The smallest absolute Gasteiger partial charge is 0.115 e. The molecule has 1 aromatic carbocycles. The van der Waals surface area contributed by atoms with E-state index in [1.807, 2.05) is 102 Å². The Kier molecular flexibility index (Phi) is 20.1. The molecule has 0 fully saturated rings. The van der Waals surface area contributed by atoms with Crippen LogP contribution in [0.3, 0.4) is 0 Å². The van der Waals surface area contributed by atoms with Crippen LogP contribution in [0.4, 0.5) is 0 Å². The maximum absolute atomic E-state index is 3.78. The molecular weight excluding hydrogens is 440 g/mol. The number of benzene rings is 1. The van der Waals surface area contributed by atoms with Gasteiger partial charge in [-0.2, -0.15) is 11.3 Å². The highest BCUT2D eigenvalue weighted by molar-refractivity contribution is 7.07. The van der Waals surface area contributed by atoms with E-state index in [1.165, 1.54) is 6.33 Å². The number of hydrogen-bond acceptors (Lipinski definition) is 6. The molecule has 0 aliphatic rings. The van der Waals surface area contributed by atoms with E-state index in [0.29, 0.717) is 0 Å². The Morgan fingerprint density at radius 2 is 0.765 bits per heavy atom. The average molecular weight is 469 g/mol. The van der Waals surface area contributed by atoms with Crippen LogP contribution in [0.5, 0.6) is 0 Å². The van der Waals surface area contributed by atoms with Gasteiger partial charge in [-0.3, -0.25) is 15.0 Å². The second kappa shape index (κ2) is 24.8. The third-order valence-electron chi connectivity index (χ3n) is 3.11. The van der Waals surface area contributed by atoms with Gasteiger partial charge >= 0.3 is 0 Å². The third kappa shape index (κ3) is 22.2. The Morgan fingerprint density at radius 1 is 0.353 bits per heavy atom. The van der Waals surface area contributed by atoms with Crippen molar-refractivity contribution in [2.75, 3.05) is 0 Å². The fraction of sp³-hybridized carbons (Fsp3) is 0. The highest BCUT2D eigenvalue weighted by Gasteiger charge is 1.61. The average Bonchev–Trinajstić information content (AvgIpc) is 3.74. The van der Waals surface area contributed by atoms with Gasteiger partial charge in [-0.05, 0) is 41.1 Å². The molecule has 34 heavy (non-hydrogen) atoms. The summed E-state index contributed by atoms with van der Waals surface area (Å²) in [5.41, 5.74) is 0. The first kappa shape index (κ1) is 27.5. The highest BCUT2D eigenvalue weighted by Crippen LogP contribution is 1.91. The van der Waals surface area contributed by atoms with Gasteiger partial charge in [0.05, 0.1) is 0 Å². The molecule has 0 radical (unpaired) electrons. The summed E-state index contributed by atoms with van der Waals surface area (Å²) in [4.78, 5) is 21.4. The van der Waals surface area contributed by atoms with Gasteiger partial charge in [-0.1, -0.05) is 54.6 Å². The molecule has 0 unspecified atom stereocenters. The maximum atomic E-state index is 3.78. The van der Waals surface area contributed by atoms with Crippen LogP contribution in [0.2, 0.25) is 0 Å². The summed E-state index contributed by atoms with van der Waals surface area (Å²) in [6, 6.07) is 27.4. The number of nitrogens with zero attached hydrogens (tertiary/aromatic N) is 5. The quantitative estimate of drug-likeness (QED) is 0.276. The van der Waals surface area contributed by atoms with Crippen LogP contribution < -0.4 is 0 Å². The number of rotatable bonds is 0. The first-order valence-electron chi connectivity index (χ1n) is 10.3. The van der Waals surface area contributed by atoms with Crippen LogP contribution >= 0.6 is 11.3 Å². The minimum absolute atomic E-state index is 1.50. The zero-order chi connectivity index (χ0) is 24.0. The monoisotopic (exact) mass is 468 g/mol. The van der Waals surface area contributed by atoms with Crippen molar-refractivity contribution in [1.82, 2.24) is 29.9 Å². The Morgan fingerprint density at radius 3 is 0.941 bits per heavy atom. The van der Waals surface area contributed by atoms with E-state index in [1.54, 1.807) is 67.0 Å². The summed E-state index contributed by atoms with van der Waals surface area (Å²) < 4.78 is 0. The lowest BCUT2D eigenvalue weighted by Gasteiger charge is -1.70. The fourth-order valence-electron chi connectivity index (χ4n) is 1.71. The Bertz CT molecular complexity index is 738. The molecule has 6 nitrogen and oxygen atoms in total. The molecule has 6 aromatic rings. The van der Waals surface area contributed by atoms with Gasteiger partial charge in [0.15, 0.2) is 0 Å². The van der Waals surface area contributed by atoms with Crippen molar-refractivity contribution in [3.63, 3.8) is 0 Å². The minimum atomic E-state index is 1.50. The first-order chi connectivity index (χ1) is 17.0. The standard InChI is InChI=1S/C6H6.C5H5N.2C4H4N2.C4H5N.C4H4S/c2*1-2-4-6-5-3-1;1-2-6-4-3-5-1;1-2-5-4-6-3-1;2*1-2-4-5-3-1/h1-6H;1-5H;2*1-4H;1-5H;1-4H. The van der Waals surface area contributed by atoms with Crippen LogP contribution in [0.15, 0.2) is 164 Å². The van der Waals surface area contributed by atoms with Crippen LogP contribution in [-0.4, -0.2) is 29.9 Å². The van der Waals surface area contributed by atoms with E-state index in [4.69, 9.17) is 0 Å². The summed E-state index contributed by atoms with van der Waals surface area (Å²) in [6.45, 7) is 0. The van der Waals surface area contributed by atoms with Gasteiger partial charge in [0.25, 0.3) is 0 Å². The number of hydrogen-bond donors (Lipinski definition) is 1. The number of pyridine rings is 1. The lowest BCUT2D eigenvalue weighted by atomic mass is 10.4.